The molecule has 3 nitrogen and oxygen atoms in total. The fraction of sp³-hybridized carbons (Fsp3) is 0.0833. The zero-order valence-corrected chi connectivity index (χ0v) is 13.0. The Hall–Kier alpha value is -1.36. The Bertz CT molecular complexity index is 654. The number of anilines is 1. The van der Waals surface area contributed by atoms with E-state index in [4.69, 9.17) is 0 Å². The fourth-order valence-electron chi connectivity index (χ4n) is 1.47. The minimum atomic E-state index is -3.07. The summed E-state index contributed by atoms with van der Waals surface area (Å²) in [5.41, 5.74) is -0.119. The maximum Gasteiger partial charge on any atom is 0.387 e. The van der Waals surface area contributed by atoms with Gasteiger partial charge >= 0.3 is 6.61 Å². The lowest BCUT2D eigenvalue weighted by Crippen LogP contribution is -2.13. The number of hydrogen-bond donors (Lipinski definition) is 1. The largest absolute Gasteiger partial charge is 0.433 e. The third kappa shape index (κ3) is 3.84. The van der Waals surface area contributed by atoms with Crippen molar-refractivity contribution in [3.8, 4) is 5.75 Å². The van der Waals surface area contributed by atoms with Crippen molar-refractivity contribution in [2.75, 3.05) is 5.32 Å². The molecule has 0 bridgehead atoms. The minimum Gasteiger partial charge on any atom is -0.433 e. The highest BCUT2D eigenvalue weighted by molar-refractivity contribution is 14.1. The number of carbonyl (C=O) groups excluding carboxylic acids is 1. The number of amides is 1. The Morgan fingerprint density at radius 1 is 1.29 bits per heavy atom. The molecule has 1 aromatic heterocycles. The first-order valence-corrected chi connectivity index (χ1v) is 7.32. The lowest BCUT2D eigenvalue weighted by molar-refractivity contribution is -0.0498. The number of nitrogens with one attached hydrogen (secondary N) is 1. The molecule has 0 saturated carbocycles. The van der Waals surface area contributed by atoms with Crippen LogP contribution in [-0.2, 0) is 0 Å². The average molecular weight is 431 g/mol. The summed E-state index contributed by atoms with van der Waals surface area (Å²) in [6.45, 7) is -3.07. The van der Waals surface area contributed by atoms with Gasteiger partial charge in [0, 0.05) is 5.69 Å². The van der Waals surface area contributed by atoms with E-state index in [2.05, 4.69) is 10.1 Å². The highest BCUT2D eigenvalue weighted by Gasteiger charge is 2.18. The number of alkyl halides is 2. The highest BCUT2D eigenvalue weighted by Crippen LogP contribution is 2.28. The number of rotatable bonds is 4. The summed E-state index contributed by atoms with van der Waals surface area (Å²) in [6.07, 6.45) is 0. The van der Waals surface area contributed by atoms with Crippen LogP contribution in [0, 0.1) is 15.2 Å². The zero-order valence-electron chi connectivity index (χ0n) is 10.0. The van der Waals surface area contributed by atoms with E-state index in [1.165, 1.54) is 34.0 Å². The van der Waals surface area contributed by atoms with Gasteiger partial charge in [0.25, 0.3) is 5.91 Å². The molecule has 0 aliphatic heterocycles. The van der Waals surface area contributed by atoms with Crippen LogP contribution < -0.4 is 10.1 Å². The second kappa shape index (κ2) is 6.60. The number of benzene rings is 1. The highest BCUT2D eigenvalue weighted by atomic mass is 127. The van der Waals surface area contributed by atoms with Crippen LogP contribution in [0.25, 0.3) is 0 Å². The molecule has 1 amide bonds. The smallest absolute Gasteiger partial charge is 0.387 e. The summed E-state index contributed by atoms with van der Waals surface area (Å²) in [5.74, 6) is -2.75. The van der Waals surface area contributed by atoms with Gasteiger partial charge in [-0.15, -0.1) is 11.3 Å². The number of carbonyl (C=O) groups is 1. The third-order valence-electron chi connectivity index (χ3n) is 2.29. The van der Waals surface area contributed by atoms with Gasteiger partial charge in [-0.2, -0.15) is 8.78 Å². The molecule has 112 valence electrons. The normalized spacial score (nSPS) is 10.8. The quantitative estimate of drug-likeness (QED) is 0.441. The van der Waals surface area contributed by atoms with Gasteiger partial charge in [-0.25, -0.2) is 8.78 Å². The van der Waals surface area contributed by atoms with Crippen molar-refractivity contribution < 1.29 is 27.1 Å². The molecule has 0 aliphatic carbocycles. The van der Waals surface area contributed by atoms with Gasteiger partial charge in [0.1, 0.15) is 22.3 Å². The van der Waals surface area contributed by atoms with Gasteiger partial charge < -0.3 is 10.1 Å². The molecule has 2 aromatic rings. The van der Waals surface area contributed by atoms with E-state index in [9.17, 15) is 22.4 Å². The molecule has 0 spiro atoms. The Labute approximate surface area is 134 Å². The van der Waals surface area contributed by atoms with E-state index in [0.29, 0.717) is 0 Å². The predicted octanol–water partition coefficient (Wildman–Crippen LogP) is 4.48. The molecule has 0 unspecified atom stereocenters. The van der Waals surface area contributed by atoms with Gasteiger partial charge in [0.2, 0.25) is 0 Å². The summed E-state index contributed by atoms with van der Waals surface area (Å²) >= 11 is 2.36. The zero-order chi connectivity index (χ0) is 15.6. The molecule has 1 aromatic carbocycles. The van der Waals surface area contributed by atoms with Gasteiger partial charge in [0.15, 0.2) is 0 Å². The van der Waals surface area contributed by atoms with Gasteiger partial charge in [-0.05, 0) is 46.2 Å². The van der Waals surface area contributed by atoms with Crippen LogP contribution in [0.2, 0.25) is 0 Å². The molecule has 21 heavy (non-hydrogen) atoms. The summed E-state index contributed by atoms with van der Waals surface area (Å²) in [7, 11) is 0. The molecule has 0 radical (unpaired) electrons. The first-order chi connectivity index (χ1) is 9.88. The fourth-order valence-corrected chi connectivity index (χ4v) is 2.50. The van der Waals surface area contributed by atoms with Crippen molar-refractivity contribution in [1.82, 2.24) is 0 Å². The third-order valence-corrected chi connectivity index (χ3v) is 4.22. The maximum atomic E-state index is 13.4. The van der Waals surface area contributed by atoms with Crippen molar-refractivity contribution in [2.24, 2.45) is 0 Å². The second-order valence-corrected chi connectivity index (χ2v) is 5.70. The van der Waals surface area contributed by atoms with Crippen LogP contribution in [0.15, 0.2) is 23.6 Å². The van der Waals surface area contributed by atoms with E-state index in [1.807, 2.05) is 0 Å². The van der Waals surface area contributed by atoms with Gasteiger partial charge in [0.05, 0.1) is 3.57 Å². The van der Waals surface area contributed by atoms with Crippen molar-refractivity contribution in [3.05, 3.63) is 43.7 Å². The van der Waals surface area contributed by atoms with E-state index in [1.54, 1.807) is 0 Å². The number of ether oxygens (including phenoxy) is 1. The number of halogens is 5. The summed E-state index contributed by atoms with van der Waals surface area (Å²) < 4.78 is 55.0. The van der Waals surface area contributed by atoms with E-state index < -0.39 is 24.2 Å². The molecule has 0 aliphatic rings. The number of hydrogen-bond acceptors (Lipinski definition) is 3. The van der Waals surface area contributed by atoms with Crippen LogP contribution in [0.1, 0.15) is 9.67 Å². The molecule has 0 fully saturated rings. The average Bonchev–Trinajstić information content (AvgIpc) is 2.83. The first kappa shape index (κ1) is 16.0. The van der Waals surface area contributed by atoms with E-state index >= 15 is 0 Å². The molecule has 0 atom stereocenters. The Balaban J connectivity index is 2.21. The summed E-state index contributed by atoms with van der Waals surface area (Å²) in [6, 6.07) is 3.08. The van der Waals surface area contributed by atoms with Gasteiger partial charge in [-0.1, -0.05) is 0 Å². The van der Waals surface area contributed by atoms with Crippen molar-refractivity contribution in [1.29, 1.82) is 0 Å². The van der Waals surface area contributed by atoms with Crippen LogP contribution in [-0.4, -0.2) is 12.5 Å². The second-order valence-electron chi connectivity index (χ2n) is 3.70. The molecular formula is C12H6F4INO2S. The van der Waals surface area contributed by atoms with Crippen LogP contribution in [0.5, 0.6) is 5.75 Å². The molecular weight excluding hydrogens is 425 g/mol. The first-order valence-electron chi connectivity index (χ1n) is 5.36. The van der Waals surface area contributed by atoms with Gasteiger partial charge in [-0.3, -0.25) is 4.79 Å². The predicted molar refractivity (Wildman–Crippen MR) is 78.0 cm³/mol. The lowest BCUT2D eigenvalue weighted by atomic mass is 10.3. The maximum absolute atomic E-state index is 13.4. The topological polar surface area (TPSA) is 38.3 Å². The monoisotopic (exact) mass is 431 g/mol. The molecule has 1 heterocycles. The Morgan fingerprint density at radius 2 is 1.90 bits per heavy atom. The number of thiophene rings is 1. The lowest BCUT2D eigenvalue weighted by Gasteiger charge is -2.08. The van der Waals surface area contributed by atoms with E-state index in [0.717, 1.165) is 23.5 Å². The molecule has 0 saturated heterocycles. The van der Waals surface area contributed by atoms with Crippen molar-refractivity contribution >= 4 is 45.5 Å². The molecule has 2 rings (SSSR count). The molecule has 1 N–H and O–H groups in total. The summed E-state index contributed by atoms with van der Waals surface area (Å²) in [4.78, 5) is 11.8. The van der Waals surface area contributed by atoms with Crippen molar-refractivity contribution in [3.63, 3.8) is 0 Å². The molecule has 9 heteroatoms. The SMILES string of the molecule is O=C(Nc1cc(F)c(I)c(F)c1)c1sccc1OC(F)F. The van der Waals surface area contributed by atoms with E-state index in [-0.39, 0.29) is 19.9 Å². The standard InChI is InChI=1S/C12H6F4INO2S/c13-6-3-5(4-7(14)9(6)17)18-11(19)10-8(1-2-21-10)20-12(15)16/h1-4,12H,(H,18,19). The van der Waals surface area contributed by atoms with Crippen LogP contribution >= 0.6 is 33.9 Å². The summed E-state index contributed by atoms with van der Waals surface area (Å²) in [5, 5.41) is 3.62. The van der Waals surface area contributed by atoms with Crippen LogP contribution in [0.3, 0.4) is 0 Å². The Morgan fingerprint density at radius 3 is 2.48 bits per heavy atom. The Kier molecular flexibility index (Phi) is 5.04. The van der Waals surface area contributed by atoms with Crippen molar-refractivity contribution in [2.45, 2.75) is 6.61 Å². The van der Waals surface area contributed by atoms with Crippen LogP contribution in [0.4, 0.5) is 23.2 Å². The minimum absolute atomic E-state index is 0.116.